The van der Waals surface area contributed by atoms with Crippen molar-refractivity contribution in [1.82, 2.24) is 9.13 Å². The van der Waals surface area contributed by atoms with Crippen molar-refractivity contribution in [2.45, 2.75) is 40.0 Å². The number of aryl methyl sites for hydroxylation is 3. The maximum atomic E-state index is 6.88. The van der Waals surface area contributed by atoms with Crippen molar-refractivity contribution in [2.75, 3.05) is 0 Å². The number of fused-ring (bicyclic) bond motifs is 8. The molecule has 0 N–H and O–H groups in total. The third-order valence-electron chi connectivity index (χ3n) is 12.7. The van der Waals surface area contributed by atoms with Crippen molar-refractivity contribution in [3.63, 3.8) is 0 Å². The highest BCUT2D eigenvalue weighted by molar-refractivity contribution is 6.13. The molecule has 3 aromatic heterocycles. The van der Waals surface area contributed by atoms with Crippen LogP contribution < -0.4 is 10.6 Å². The lowest BCUT2D eigenvalue weighted by molar-refractivity contribution is 0.547. The topological polar surface area (TPSA) is 23.0 Å². The smallest absolute Gasteiger partial charge is 0.142 e. The first kappa shape index (κ1) is 35.1. The highest BCUT2D eigenvalue weighted by Crippen LogP contribution is 2.43. The van der Waals surface area contributed by atoms with E-state index in [0.717, 1.165) is 58.5 Å². The van der Waals surface area contributed by atoms with Gasteiger partial charge in [-0.1, -0.05) is 122 Å². The first-order valence-corrected chi connectivity index (χ1v) is 20.8. The van der Waals surface area contributed by atoms with Crippen molar-refractivity contribution < 1.29 is 4.42 Å². The fourth-order valence-corrected chi connectivity index (χ4v) is 9.74. The molecule has 3 heteroatoms. The minimum absolute atomic E-state index is 0.789. The van der Waals surface area contributed by atoms with Crippen LogP contribution in [0.5, 0.6) is 0 Å². The first-order valence-electron chi connectivity index (χ1n) is 20.8. The normalized spacial score (nSPS) is 13.8. The first-order chi connectivity index (χ1) is 29.0. The number of para-hydroxylation sites is 1. The molecule has 0 atom stereocenters. The van der Waals surface area contributed by atoms with Gasteiger partial charge in [0.15, 0.2) is 0 Å². The summed E-state index contributed by atoms with van der Waals surface area (Å²) in [5.41, 5.74) is 16.5. The monoisotopic (exact) mass is 760 g/mol. The third kappa shape index (κ3) is 5.42. The average Bonchev–Trinajstić information content (AvgIpc) is 3.85. The van der Waals surface area contributed by atoms with Crippen LogP contribution in [0.25, 0.3) is 102 Å². The fourth-order valence-electron chi connectivity index (χ4n) is 9.74. The van der Waals surface area contributed by atoms with Crippen LogP contribution in [0, 0.1) is 13.8 Å². The molecule has 2 aliphatic rings. The van der Waals surface area contributed by atoms with Crippen LogP contribution in [0.2, 0.25) is 0 Å². The number of allylic oxidation sites excluding steroid dienone is 4. The summed E-state index contributed by atoms with van der Waals surface area (Å²) in [5.74, 6) is 1.07. The summed E-state index contributed by atoms with van der Waals surface area (Å²) in [5, 5.41) is 8.55. The summed E-state index contributed by atoms with van der Waals surface area (Å²) in [7, 11) is 0. The molecule has 3 heterocycles. The zero-order valence-electron chi connectivity index (χ0n) is 33.7. The molecule has 0 fully saturated rings. The minimum Gasteiger partial charge on any atom is -0.460 e. The summed E-state index contributed by atoms with van der Waals surface area (Å²) in [6, 6.07) is 42.4. The molecular weight excluding hydrogens is 717 g/mol. The Morgan fingerprint density at radius 1 is 0.746 bits per heavy atom. The van der Waals surface area contributed by atoms with Gasteiger partial charge in [0.2, 0.25) is 0 Å². The number of hydrogen-bond donors (Lipinski definition) is 0. The van der Waals surface area contributed by atoms with Crippen LogP contribution in [0.15, 0.2) is 144 Å². The van der Waals surface area contributed by atoms with E-state index >= 15 is 0 Å². The van der Waals surface area contributed by atoms with Crippen molar-refractivity contribution in [3.05, 3.63) is 190 Å². The summed E-state index contributed by atoms with van der Waals surface area (Å²) in [6.45, 7) is 10.8. The Morgan fingerprint density at radius 2 is 1.58 bits per heavy atom. The Morgan fingerprint density at radius 3 is 2.44 bits per heavy atom. The molecule has 3 nitrogen and oxygen atoms in total. The van der Waals surface area contributed by atoms with Crippen LogP contribution in [0.1, 0.15) is 59.0 Å². The zero-order chi connectivity index (χ0) is 39.8. The number of hydrogen-bond acceptors (Lipinski definition) is 1. The van der Waals surface area contributed by atoms with Crippen LogP contribution in [0.3, 0.4) is 0 Å². The van der Waals surface area contributed by atoms with E-state index in [2.05, 4.69) is 194 Å². The molecular formula is C56H44N2O. The van der Waals surface area contributed by atoms with Gasteiger partial charge in [-0.25, -0.2) is 0 Å². The second-order valence-electron chi connectivity index (χ2n) is 16.0. The molecule has 6 aromatic carbocycles. The highest BCUT2D eigenvalue weighted by atomic mass is 16.3. The standard InChI is InChI=1S/C56H44N2O/c1-5-15-43-44-29-25-37(27-31-52(44)57(50(43)6-2)41-18-8-7-9-19-41)40-32-48(56-49(33-40)46-21-12-13-23-54(46)59-56)39-26-30-45-47-28-24-35(3)36(4)55(47)58(53(45)34-39)51-22-14-17-38-16-10-11-20-42(38)51/h5-12,14-22,24,26-34H,2,13,23,25H2,1,3-4H3/b15-5-. The van der Waals surface area contributed by atoms with Gasteiger partial charge in [-0.3, -0.25) is 0 Å². The van der Waals surface area contributed by atoms with Crippen molar-refractivity contribution in [2.24, 2.45) is 0 Å². The summed E-state index contributed by atoms with van der Waals surface area (Å²) in [4.78, 5) is 0. The van der Waals surface area contributed by atoms with E-state index in [-0.39, 0.29) is 0 Å². The quantitative estimate of drug-likeness (QED) is 0.166. The summed E-state index contributed by atoms with van der Waals surface area (Å²) < 4.78 is 11.7. The van der Waals surface area contributed by atoms with Gasteiger partial charge in [0.1, 0.15) is 11.3 Å². The fraction of sp³-hybridized carbons (Fsp3) is 0.107. The highest BCUT2D eigenvalue weighted by Gasteiger charge is 2.23. The molecule has 2 aliphatic carbocycles. The van der Waals surface area contributed by atoms with E-state index in [1.807, 2.05) is 6.08 Å². The van der Waals surface area contributed by atoms with Crippen LogP contribution in [0.4, 0.5) is 0 Å². The Labute approximate surface area is 344 Å². The summed E-state index contributed by atoms with van der Waals surface area (Å²) in [6.07, 6.45) is 20.6. The zero-order valence-corrected chi connectivity index (χ0v) is 33.7. The molecule has 9 aromatic rings. The lowest BCUT2D eigenvalue weighted by atomic mass is 9.92. The van der Waals surface area contributed by atoms with E-state index in [0.29, 0.717) is 0 Å². The number of benzene rings is 6. The largest absolute Gasteiger partial charge is 0.460 e. The van der Waals surface area contributed by atoms with Gasteiger partial charge >= 0.3 is 0 Å². The Bertz CT molecular complexity index is 3440. The van der Waals surface area contributed by atoms with E-state index in [9.17, 15) is 0 Å². The maximum absolute atomic E-state index is 6.88. The predicted octanol–water partition coefficient (Wildman–Crippen LogP) is 13.4. The van der Waals surface area contributed by atoms with Crippen LogP contribution in [-0.2, 0) is 6.42 Å². The Kier molecular flexibility index (Phi) is 8.20. The second-order valence-corrected chi connectivity index (χ2v) is 16.0. The van der Waals surface area contributed by atoms with Crippen molar-refractivity contribution in [3.8, 4) is 22.5 Å². The van der Waals surface area contributed by atoms with Crippen molar-refractivity contribution in [1.29, 1.82) is 0 Å². The molecule has 11 rings (SSSR count). The third-order valence-corrected chi connectivity index (χ3v) is 12.7. The van der Waals surface area contributed by atoms with E-state index < -0.39 is 0 Å². The molecule has 0 unspecified atom stereocenters. The van der Waals surface area contributed by atoms with Gasteiger partial charge in [0.05, 0.1) is 27.8 Å². The summed E-state index contributed by atoms with van der Waals surface area (Å²) >= 11 is 0. The van der Waals surface area contributed by atoms with Gasteiger partial charge in [0, 0.05) is 55.6 Å². The number of furan rings is 1. The van der Waals surface area contributed by atoms with E-state index in [1.54, 1.807) is 0 Å². The lowest BCUT2D eigenvalue weighted by Crippen LogP contribution is -2.28. The van der Waals surface area contributed by atoms with Gasteiger partial charge in [0.25, 0.3) is 0 Å². The molecule has 0 saturated heterocycles. The minimum atomic E-state index is 0.789. The van der Waals surface area contributed by atoms with Gasteiger partial charge in [-0.05, 0) is 115 Å². The molecule has 0 saturated carbocycles. The van der Waals surface area contributed by atoms with E-state index in [1.165, 1.54) is 82.3 Å². The molecule has 284 valence electrons. The second kappa shape index (κ2) is 13.8. The molecule has 0 amide bonds. The number of aromatic nitrogens is 2. The van der Waals surface area contributed by atoms with Gasteiger partial charge < -0.3 is 13.6 Å². The SMILES string of the molecule is C=Cc1c(/C=C\C)c2c(n1-c1ccccc1)=CC=C(c1cc(-c3ccc4c5ccc(C)c(C)c5n(-c5cccc6ccccc56)c4c3)c3oc4c(c3c1)C=CCC4)CC=2. The molecule has 59 heavy (non-hydrogen) atoms. The number of rotatable bonds is 6. The van der Waals surface area contributed by atoms with Gasteiger partial charge in [-0.2, -0.15) is 0 Å². The van der Waals surface area contributed by atoms with Crippen LogP contribution >= 0.6 is 0 Å². The van der Waals surface area contributed by atoms with E-state index in [4.69, 9.17) is 4.42 Å². The maximum Gasteiger partial charge on any atom is 0.142 e. The van der Waals surface area contributed by atoms with Crippen molar-refractivity contribution >= 4 is 79.5 Å². The molecule has 0 bridgehead atoms. The number of nitrogens with zero attached hydrogens (tertiary/aromatic N) is 2. The molecule has 0 aliphatic heterocycles. The van der Waals surface area contributed by atoms with Gasteiger partial charge in [-0.15, -0.1) is 0 Å². The predicted molar refractivity (Wildman–Crippen MR) is 252 cm³/mol. The van der Waals surface area contributed by atoms with Crippen LogP contribution in [-0.4, -0.2) is 9.13 Å². The Balaban J connectivity index is 1.16. The average molecular weight is 761 g/mol. The Hall–Kier alpha value is -7.10. The lowest BCUT2D eigenvalue weighted by Gasteiger charge is -2.14. The molecule has 0 spiro atoms. The molecule has 0 radical (unpaired) electrons.